The number of carbonyl (C=O) groups excluding carboxylic acids is 1. The highest BCUT2D eigenvalue weighted by Gasteiger charge is 2.20. The van der Waals surface area contributed by atoms with Crippen LogP contribution in [0.5, 0.6) is 0 Å². The fourth-order valence-electron chi connectivity index (χ4n) is 1.36. The molecular formula is C9H9Br2NO2S. The lowest BCUT2D eigenvalue weighted by Gasteiger charge is -2.26. The number of carbonyl (C=O) groups is 1. The van der Waals surface area contributed by atoms with Gasteiger partial charge in [0, 0.05) is 11.0 Å². The Kier molecular flexibility index (Phi) is 3.82. The summed E-state index contributed by atoms with van der Waals surface area (Å²) in [6.45, 7) is 1.94. The molecule has 6 heteroatoms. The quantitative estimate of drug-likeness (QED) is 0.775. The van der Waals surface area contributed by atoms with E-state index in [2.05, 4.69) is 31.9 Å². The molecule has 0 bridgehead atoms. The van der Waals surface area contributed by atoms with Crippen LogP contribution in [0, 0.1) is 0 Å². The van der Waals surface area contributed by atoms with E-state index in [1.54, 1.807) is 4.90 Å². The Morgan fingerprint density at radius 2 is 2.33 bits per heavy atom. The summed E-state index contributed by atoms with van der Waals surface area (Å²) in [5.74, 6) is 0.0473. The predicted molar refractivity (Wildman–Crippen MR) is 66.2 cm³/mol. The first-order valence-corrected chi connectivity index (χ1v) is 6.90. The Labute approximate surface area is 109 Å². The molecule has 1 amide bonds. The van der Waals surface area contributed by atoms with Crippen LogP contribution >= 0.6 is 43.2 Å². The van der Waals surface area contributed by atoms with Gasteiger partial charge in [0.15, 0.2) is 0 Å². The summed E-state index contributed by atoms with van der Waals surface area (Å²) in [7, 11) is 0. The van der Waals surface area contributed by atoms with Gasteiger partial charge in [-0.1, -0.05) is 0 Å². The van der Waals surface area contributed by atoms with E-state index >= 15 is 0 Å². The van der Waals surface area contributed by atoms with E-state index in [-0.39, 0.29) is 5.91 Å². The summed E-state index contributed by atoms with van der Waals surface area (Å²) in [4.78, 5) is 14.4. The maximum Gasteiger partial charge on any atom is 0.265 e. The maximum atomic E-state index is 12.0. The molecule has 82 valence electrons. The molecule has 0 aliphatic carbocycles. The predicted octanol–water partition coefficient (Wildman–Crippen LogP) is 3.09. The SMILES string of the molecule is O=C(c1cc(Br)c(Br)s1)N1CCCOC1. The van der Waals surface area contributed by atoms with Crippen molar-refractivity contribution < 1.29 is 9.53 Å². The topological polar surface area (TPSA) is 29.5 Å². The molecule has 0 saturated carbocycles. The van der Waals surface area contributed by atoms with Gasteiger partial charge >= 0.3 is 0 Å². The van der Waals surface area contributed by atoms with Crippen molar-refractivity contribution in [2.75, 3.05) is 19.9 Å². The number of thiophene rings is 1. The van der Waals surface area contributed by atoms with Gasteiger partial charge in [0.05, 0.1) is 15.3 Å². The minimum Gasteiger partial charge on any atom is -0.361 e. The first kappa shape index (κ1) is 11.6. The van der Waals surface area contributed by atoms with Gasteiger partial charge in [-0.15, -0.1) is 11.3 Å². The third-order valence-corrected chi connectivity index (χ3v) is 5.35. The molecule has 0 unspecified atom stereocenters. The fraction of sp³-hybridized carbons (Fsp3) is 0.444. The second kappa shape index (κ2) is 4.95. The molecule has 15 heavy (non-hydrogen) atoms. The van der Waals surface area contributed by atoms with E-state index in [1.807, 2.05) is 6.07 Å². The van der Waals surface area contributed by atoms with Crippen molar-refractivity contribution in [1.82, 2.24) is 4.90 Å². The van der Waals surface area contributed by atoms with Crippen LogP contribution in [0.15, 0.2) is 14.3 Å². The van der Waals surface area contributed by atoms with E-state index < -0.39 is 0 Å². The van der Waals surface area contributed by atoms with E-state index in [4.69, 9.17) is 4.74 Å². The molecule has 1 aliphatic heterocycles. The number of hydrogen-bond donors (Lipinski definition) is 0. The van der Waals surface area contributed by atoms with Gasteiger partial charge < -0.3 is 9.64 Å². The third-order valence-electron chi connectivity index (χ3n) is 2.11. The normalized spacial score (nSPS) is 16.8. The second-order valence-electron chi connectivity index (χ2n) is 3.19. The minimum absolute atomic E-state index is 0.0473. The van der Waals surface area contributed by atoms with Crippen LogP contribution in [0.25, 0.3) is 0 Å². The molecule has 0 aromatic carbocycles. The van der Waals surface area contributed by atoms with Crippen LogP contribution in [0.1, 0.15) is 16.1 Å². The van der Waals surface area contributed by atoms with E-state index in [0.717, 1.165) is 32.7 Å². The number of amides is 1. The zero-order valence-electron chi connectivity index (χ0n) is 7.83. The Balaban J connectivity index is 2.12. The standard InChI is InChI=1S/C9H9Br2NO2S/c10-6-4-7(15-8(6)11)9(13)12-2-1-3-14-5-12/h4H,1-3,5H2. The lowest BCUT2D eigenvalue weighted by Crippen LogP contribution is -2.37. The largest absolute Gasteiger partial charge is 0.361 e. The van der Waals surface area contributed by atoms with Crippen molar-refractivity contribution >= 4 is 49.1 Å². The van der Waals surface area contributed by atoms with Gasteiger partial charge in [0.1, 0.15) is 6.73 Å². The monoisotopic (exact) mass is 353 g/mol. The zero-order valence-corrected chi connectivity index (χ0v) is 11.8. The number of nitrogens with zero attached hydrogens (tertiary/aromatic N) is 1. The summed E-state index contributed by atoms with van der Waals surface area (Å²) in [6, 6.07) is 1.84. The molecule has 3 nitrogen and oxygen atoms in total. The highest BCUT2D eigenvalue weighted by atomic mass is 79.9. The third kappa shape index (κ3) is 2.61. The first-order valence-electron chi connectivity index (χ1n) is 4.50. The second-order valence-corrected chi connectivity index (χ2v) is 6.42. The van der Waals surface area contributed by atoms with Crippen LogP contribution in [0.2, 0.25) is 0 Å². The van der Waals surface area contributed by atoms with Crippen molar-refractivity contribution in [1.29, 1.82) is 0 Å². The van der Waals surface area contributed by atoms with Gasteiger partial charge in [-0.25, -0.2) is 0 Å². The van der Waals surface area contributed by atoms with E-state index in [1.165, 1.54) is 11.3 Å². The van der Waals surface area contributed by atoms with Gasteiger partial charge in [0.25, 0.3) is 5.91 Å². The summed E-state index contributed by atoms with van der Waals surface area (Å²) in [5, 5.41) is 0. The summed E-state index contributed by atoms with van der Waals surface area (Å²) in [5.41, 5.74) is 0. The maximum absolute atomic E-state index is 12.0. The van der Waals surface area contributed by atoms with Gasteiger partial charge in [0.2, 0.25) is 0 Å². The molecule has 2 rings (SSSR count). The van der Waals surface area contributed by atoms with Crippen molar-refractivity contribution in [2.24, 2.45) is 0 Å². The lowest BCUT2D eigenvalue weighted by molar-refractivity contribution is -0.00543. The average Bonchev–Trinajstić information content (AvgIpc) is 2.59. The van der Waals surface area contributed by atoms with Crippen LogP contribution in [-0.4, -0.2) is 30.7 Å². The number of ether oxygens (including phenoxy) is 1. The molecular weight excluding hydrogens is 346 g/mol. The average molecular weight is 355 g/mol. The van der Waals surface area contributed by atoms with Crippen LogP contribution in [0.3, 0.4) is 0 Å². The first-order chi connectivity index (χ1) is 7.18. The van der Waals surface area contributed by atoms with Crippen molar-refractivity contribution in [3.63, 3.8) is 0 Å². The Morgan fingerprint density at radius 3 is 2.87 bits per heavy atom. The van der Waals surface area contributed by atoms with Gasteiger partial charge in [-0.3, -0.25) is 4.79 Å². The highest BCUT2D eigenvalue weighted by molar-refractivity contribution is 9.13. The van der Waals surface area contributed by atoms with E-state index in [0.29, 0.717) is 6.73 Å². The Hall–Kier alpha value is 0.0900. The molecule has 0 atom stereocenters. The smallest absolute Gasteiger partial charge is 0.265 e. The van der Waals surface area contributed by atoms with Crippen molar-refractivity contribution in [3.05, 3.63) is 19.2 Å². The van der Waals surface area contributed by atoms with Gasteiger partial charge in [-0.05, 0) is 44.3 Å². The van der Waals surface area contributed by atoms with Gasteiger partial charge in [-0.2, -0.15) is 0 Å². The molecule has 0 spiro atoms. The van der Waals surface area contributed by atoms with Crippen LogP contribution < -0.4 is 0 Å². The van der Waals surface area contributed by atoms with Crippen molar-refractivity contribution in [2.45, 2.75) is 6.42 Å². The molecule has 1 fully saturated rings. The van der Waals surface area contributed by atoms with Crippen LogP contribution in [-0.2, 0) is 4.74 Å². The Bertz CT molecular complexity index is 355. The summed E-state index contributed by atoms with van der Waals surface area (Å²) >= 11 is 8.19. The summed E-state index contributed by atoms with van der Waals surface area (Å²) < 4.78 is 7.12. The molecule has 1 aromatic rings. The van der Waals surface area contributed by atoms with Crippen molar-refractivity contribution in [3.8, 4) is 0 Å². The fourth-order valence-corrected chi connectivity index (χ4v) is 3.37. The van der Waals surface area contributed by atoms with E-state index in [9.17, 15) is 4.79 Å². The lowest BCUT2D eigenvalue weighted by atomic mass is 10.3. The minimum atomic E-state index is 0.0473. The Morgan fingerprint density at radius 1 is 1.53 bits per heavy atom. The highest BCUT2D eigenvalue weighted by Crippen LogP contribution is 2.33. The zero-order chi connectivity index (χ0) is 10.8. The number of rotatable bonds is 1. The molecule has 1 aromatic heterocycles. The molecule has 1 saturated heterocycles. The molecule has 2 heterocycles. The van der Waals surface area contributed by atoms with Crippen LogP contribution in [0.4, 0.5) is 0 Å². The summed E-state index contributed by atoms with van der Waals surface area (Å²) in [6.07, 6.45) is 0.916. The number of halogens is 2. The molecule has 1 aliphatic rings. The number of hydrogen-bond acceptors (Lipinski definition) is 3. The molecule has 0 radical (unpaired) electrons. The molecule has 0 N–H and O–H groups in total.